The summed E-state index contributed by atoms with van der Waals surface area (Å²) in [4.78, 5) is 10.9. The fourth-order valence-corrected chi connectivity index (χ4v) is 2.95. The van der Waals surface area contributed by atoms with Crippen molar-refractivity contribution in [3.05, 3.63) is 46.6 Å². The first-order valence-electron chi connectivity index (χ1n) is 6.36. The van der Waals surface area contributed by atoms with Gasteiger partial charge in [-0.1, -0.05) is 41.6 Å². The maximum absolute atomic E-state index is 9.30. The van der Waals surface area contributed by atoms with Crippen LogP contribution in [0, 0.1) is 0 Å². The number of thioether (sulfide) groups is 1. The number of aromatic nitrogens is 2. The molecule has 4 nitrogen and oxygen atoms in total. The molecule has 0 unspecified atom stereocenters. The Morgan fingerprint density at radius 1 is 1.25 bits per heavy atom. The van der Waals surface area contributed by atoms with Crippen molar-refractivity contribution in [2.45, 2.75) is 17.5 Å². The molecule has 104 valence electrons. The van der Waals surface area contributed by atoms with Crippen LogP contribution in [-0.2, 0) is 12.4 Å². The molecule has 0 saturated carbocycles. The minimum Gasteiger partial charge on any atom is -0.391 e. The Labute approximate surface area is 126 Å². The molecule has 6 heteroatoms. The third-order valence-electron chi connectivity index (χ3n) is 3.05. The molecule has 1 N–H and O–H groups in total. The summed E-state index contributed by atoms with van der Waals surface area (Å²) < 4.78 is 0. The zero-order valence-corrected chi connectivity index (χ0v) is 12.4. The lowest BCUT2D eigenvalue weighted by atomic mass is 10.2. The molecule has 0 atom stereocenters. The smallest absolute Gasteiger partial charge is 0.189 e. The van der Waals surface area contributed by atoms with Crippen LogP contribution in [0.5, 0.6) is 0 Å². The van der Waals surface area contributed by atoms with Gasteiger partial charge in [-0.2, -0.15) is 0 Å². The molecule has 0 radical (unpaired) electrons. The number of anilines is 1. The van der Waals surface area contributed by atoms with E-state index in [9.17, 15) is 5.11 Å². The van der Waals surface area contributed by atoms with Gasteiger partial charge in [0.2, 0.25) is 0 Å². The van der Waals surface area contributed by atoms with Crippen LogP contribution in [-0.4, -0.2) is 28.2 Å². The molecule has 1 fully saturated rings. The summed E-state index contributed by atoms with van der Waals surface area (Å²) in [5.74, 6) is 1.58. The van der Waals surface area contributed by atoms with Gasteiger partial charge in [0.25, 0.3) is 0 Å². The van der Waals surface area contributed by atoms with Crippen molar-refractivity contribution in [3.8, 4) is 0 Å². The quantitative estimate of drug-likeness (QED) is 0.523. The molecule has 2 aromatic rings. The monoisotopic (exact) mass is 307 g/mol. The van der Waals surface area contributed by atoms with Crippen molar-refractivity contribution < 1.29 is 5.11 Å². The van der Waals surface area contributed by atoms with Crippen LogP contribution in [0.1, 0.15) is 11.1 Å². The van der Waals surface area contributed by atoms with Gasteiger partial charge >= 0.3 is 0 Å². The second-order valence-electron chi connectivity index (χ2n) is 4.53. The Balaban J connectivity index is 1.74. The number of hydrogen-bond donors (Lipinski definition) is 1. The van der Waals surface area contributed by atoms with Crippen molar-refractivity contribution in [2.24, 2.45) is 0 Å². The van der Waals surface area contributed by atoms with Crippen LogP contribution in [0.15, 0.2) is 35.6 Å². The van der Waals surface area contributed by atoms with Gasteiger partial charge in [0.05, 0.1) is 6.61 Å². The van der Waals surface area contributed by atoms with Gasteiger partial charge in [0.1, 0.15) is 5.82 Å². The standard InChI is InChI=1S/C14H14ClN3OS/c15-12-4-2-1-3-10(12)9-20-14-16-7-11(8-19)13(17-14)18-5-6-18/h1-4,7,19H,5-6,8-9H2. The topological polar surface area (TPSA) is 49.0 Å². The Morgan fingerprint density at radius 2 is 2.05 bits per heavy atom. The van der Waals surface area contributed by atoms with E-state index in [4.69, 9.17) is 11.6 Å². The molecule has 20 heavy (non-hydrogen) atoms. The third kappa shape index (κ3) is 3.06. The number of benzene rings is 1. The van der Waals surface area contributed by atoms with E-state index in [0.717, 1.165) is 40.8 Å². The summed E-state index contributed by atoms with van der Waals surface area (Å²) in [5.41, 5.74) is 1.85. The predicted molar refractivity (Wildman–Crippen MR) is 81.2 cm³/mol. The molecule has 2 heterocycles. The maximum atomic E-state index is 9.30. The van der Waals surface area contributed by atoms with Gasteiger partial charge in [-0.05, 0) is 11.6 Å². The fourth-order valence-electron chi connectivity index (χ4n) is 1.86. The van der Waals surface area contributed by atoms with Crippen LogP contribution in [0.2, 0.25) is 5.02 Å². The number of rotatable bonds is 5. The number of nitrogens with zero attached hydrogens (tertiary/aromatic N) is 3. The van der Waals surface area contributed by atoms with E-state index in [-0.39, 0.29) is 6.61 Å². The zero-order chi connectivity index (χ0) is 13.9. The summed E-state index contributed by atoms with van der Waals surface area (Å²) in [6, 6.07) is 7.78. The molecular formula is C14H14ClN3OS. The van der Waals surface area contributed by atoms with Gasteiger partial charge in [-0.25, -0.2) is 9.97 Å². The molecule has 0 aliphatic carbocycles. The number of hydrogen-bond acceptors (Lipinski definition) is 5. The number of aliphatic hydroxyl groups is 1. The Hall–Kier alpha value is -1.30. The maximum Gasteiger partial charge on any atom is 0.189 e. The van der Waals surface area contributed by atoms with Crippen LogP contribution in [0.4, 0.5) is 5.82 Å². The summed E-state index contributed by atoms with van der Waals surface area (Å²) in [6.45, 7) is 1.97. The Bertz CT molecular complexity index is 619. The van der Waals surface area contributed by atoms with Crippen molar-refractivity contribution in [1.82, 2.24) is 9.97 Å². The number of halogens is 1. The van der Waals surface area contributed by atoms with Crippen molar-refractivity contribution in [2.75, 3.05) is 18.0 Å². The highest BCUT2D eigenvalue weighted by atomic mass is 35.5. The van der Waals surface area contributed by atoms with Crippen LogP contribution >= 0.6 is 23.4 Å². The highest BCUT2D eigenvalue weighted by Crippen LogP contribution is 2.28. The van der Waals surface area contributed by atoms with Crippen LogP contribution in [0.25, 0.3) is 0 Å². The molecule has 0 amide bonds. The second kappa shape index (κ2) is 5.99. The first kappa shape index (κ1) is 13.7. The van der Waals surface area contributed by atoms with Gasteiger partial charge in [0.15, 0.2) is 5.16 Å². The molecular weight excluding hydrogens is 294 g/mol. The number of aliphatic hydroxyl groups excluding tert-OH is 1. The van der Waals surface area contributed by atoms with E-state index >= 15 is 0 Å². The molecule has 1 aromatic carbocycles. The van der Waals surface area contributed by atoms with Crippen molar-refractivity contribution in [1.29, 1.82) is 0 Å². The van der Waals surface area contributed by atoms with Crippen molar-refractivity contribution in [3.63, 3.8) is 0 Å². The minimum atomic E-state index is -0.0265. The second-order valence-corrected chi connectivity index (χ2v) is 5.88. The average Bonchev–Trinajstić information content (AvgIpc) is 3.31. The lowest BCUT2D eigenvalue weighted by Crippen LogP contribution is -2.03. The van der Waals surface area contributed by atoms with E-state index in [1.807, 2.05) is 24.3 Å². The minimum absolute atomic E-state index is 0.0265. The Morgan fingerprint density at radius 3 is 2.75 bits per heavy atom. The molecule has 0 spiro atoms. The zero-order valence-electron chi connectivity index (χ0n) is 10.8. The molecule has 1 aliphatic heterocycles. The van der Waals surface area contributed by atoms with E-state index < -0.39 is 0 Å². The lowest BCUT2D eigenvalue weighted by Gasteiger charge is -2.09. The van der Waals surface area contributed by atoms with Crippen LogP contribution < -0.4 is 4.90 Å². The third-order valence-corrected chi connectivity index (χ3v) is 4.33. The predicted octanol–water partition coefficient (Wildman–Crippen LogP) is 2.73. The SMILES string of the molecule is OCc1cnc(SCc2ccccc2Cl)nc1N1CC1. The van der Waals surface area contributed by atoms with E-state index in [1.54, 1.807) is 18.0 Å². The van der Waals surface area contributed by atoms with E-state index in [0.29, 0.717) is 5.16 Å². The first-order valence-corrected chi connectivity index (χ1v) is 7.72. The first-order chi connectivity index (χ1) is 9.78. The van der Waals surface area contributed by atoms with Gasteiger partial charge in [-0.15, -0.1) is 0 Å². The fraction of sp³-hybridized carbons (Fsp3) is 0.286. The summed E-state index contributed by atoms with van der Waals surface area (Å²) in [5, 5.41) is 10.8. The van der Waals surface area contributed by atoms with Gasteiger partial charge in [0, 0.05) is 35.6 Å². The Kier molecular flexibility index (Phi) is 4.10. The summed E-state index contributed by atoms with van der Waals surface area (Å²) in [6.07, 6.45) is 1.70. The van der Waals surface area contributed by atoms with E-state index in [2.05, 4.69) is 14.9 Å². The average molecular weight is 308 g/mol. The molecule has 1 aliphatic rings. The largest absolute Gasteiger partial charge is 0.391 e. The normalized spacial score (nSPS) is 13.6. The molecule has 1 aromatic heterocycles. The van der Waals surface area contributed by atoms with Crippen LogP contribution in [0.3, 0.4) is 0 Å². The highest BCUT2D eigenvalue weighted by molar-refractivity contribution is 7.98. The molecule has 3 rings (SSSR count). The summed E-state index contributed by atoms with van der Waals surface area (Å²) in [7, 11) is 0. The van der Waals surface area contributed by atoms with Gasteiger partial charge in [-0.3, -0.25) is 0 Å². The van der Waals surface area contributed by atoms with Gasteiger partial charge < -0.3 is 10.0 Å². The molecule has 0 bridgehead atoms. The summed E-state index contributed by atoms with van der Waals surface area (Å²) >= 11 is 7.69. The van der Waals surface area contributed by atoms with Crippen molar-refractivity contribution >= 4 is 29.2 Å². The van der Waals surface area contributed by atoms with E-state index in [1.165, 1.54) is 0 Å². The molecule has 1 saturated heterocycles. The highest BCUT2D eigenvalue weighted by Gasteiger charge is 2.23. The lowest BCUT2D eigenvalue weighted by molar-refractivity contribution is 0.281.